The number of carbonyl (C=O) groups is 1. The summed E-state index contributed by atoms with van der Waals surface area (Å²) in [6, 6.07) is 9.45. The molecule has 0 saturated carbocycles. The molecule has 1 aromatic carbocycles. The fraction of sp³-hybridized carbons (Fsp3) is 0.562. The molecule has 0 aliphatic carbocycles. The molecule has 0 aliphatic heterocycles. The molecule has 0 bridgehead atoms. The monoisotopic (exact) mass is 278 g/mol. The normalized spacial score (nSPS) is 12.1. The van der Waals surface area contributed by atoms with Gasteiger partial charge in [0.15, 0.2) is 0 Å². The van der Waals surface area contributed by atoms with E-state index in [1.165, 1.54) is 0 Å². The molecule has 0 aliphatic rings. The van der Waals surface area contributed by atoms with Crippen molar-refractivity contribution in [2.45, 2.75) is 38.6 Å². The molecule has 20 heavy (non-hydrogen) atoms. The number of rotatable bonds is 10. The van der Waals surface area contributed by atoms with E-state index in [0.717, 1.165) is 31.4 Å². The summed E-state index contributed by atoms with van der Waals surface area (Å²) >= 11 is 0. The largest absolute Gasteiger partial charge is 0.381 e. The third kappa shape index (κ3) is 7.26. The van der Waals surface area contributed by atoms with Crippen molar-refractivity contribution in [2.75, 3.05) is 19.8 Å². The summed E-state index contributed by atoms with van der Waals surface area (Å²) in [5.74, 6) is -0.00471. The van der Waals surface area contributed by atoms with Gasteiger partial charge in [-0.05, 0) is 18.4 Å². The minimum absolute atomic E-state index is 0.00471. The van der Waals surface area contributed by atoms with E-state index in [-0.39, 0.29) is 11.9 Å². The maximum Gasteiger partial charge on any atom is 0.221 e. The summed E-state index contributed by atoms with van der Waals surface area (Å²) < 4.78 is 5.43. The lowest BCUT2D eigenvalue weighted by Gasteiger charge is -2.12. The Morgan fingerprint density at radius 1 is 1.25 bits per heavy atom. The number of hydrogen-bond acceptors (Lipinski definition) is 3. The minimum Gasteiger partial charge on any atom is -0.381 e. The predicted octanol–water partition coefficient (Wildman–Crippen LogP) is 2.40. The Morgan fingerprint density at radius 2 is 1.95 bits per heavy atom. The van der Waals surface area contributed by atoms with Crippen molar-refractivity contribution >= 4 is 5.91 Å². The Morgan fingerprint density at radius 3 is 2.65 bits per heavy atom. The van der Waals surface area contributed by atoms with Crippen LogP contribution in [0.2, 0.25) is 0 Å². The topological polar surface area (TPSA) is 64.3 Å². The smallest absolute Gasteiger partial charge is 0.221 e. The van der Waals surface area contributed by atoms with Crippen molar-refractivity contribution in [1.82, 2.24) is 5.32 Å². The number of benzene rings is 1. The number of nitrogens with one attached hydrogen (secondary N) is 1. The molecule has 0 spiro atoms. The lowest BCUT2D eigenvalue weighted by atomic mass is 10.0. The molecule has 0 heterocycles. The first-order valence-electron chi connectivity index (χ1n) is 7.39. The molecule has 3 N–H and O–H groups in total. The van der Waals surface area contributed by atoms with Crippen LogP contribution in [0.4, 0.5) is 0 Å². The quantitative estimate of drug-likeness (QED) is 0.646. The number of ether oxygens (including phenoxy) is 1. The van der Waals surface area contributed by atoms with Gasteiger partial charge in [-0.3, -0.25) is 4.79 Å². The predicted molar refractivity (Wildman–Crippen MR) is 81.3 cm³/mol. The first-order valence-corrected chi connectivity index (χ1v) is 7.39. The second-order valence-corrected chi connectivity index (χ2v) is 4.89. The van der Waals surface area contributed by atoms with Gasteiger partial charge in [0.2, 0.25) is 5.91 Å². The van der Waals surface area contributed by atoms with Crippen LogP contribution in [-0.4, -0.2) is 25.7 Å². The molecule has 1 rings (SSSR count). The van der Waals surface area contributed by atoms with Crippen molar-refractivity contribution in [2.24, 2.45) is 5.73 Å². The van der Waals surface area contributed by atoms with Crippen LogP contribution in [0.5, 0.6) is 0 Å². The molecule has 0 aromatic heterocycles. The van der Waals surface area contributed by atoms with Crippen molar-refractivity contribution in [3.05, 3.63) is 35.9 Å². The number of carbonyl (C=O) groups excluding carboxylic acids is 1. The minimum atomic E-state index is -0.239. The highest BCUT2D eigenvalue weighted by Crippen LogP contribution is 2.12. The summed E-state index contributed by atoms with van der Waals surface area (Å²) in [7, 11) is 0. The van der Waals surface area contributed by atoms with Gasteiger partial charge in [0.05, 0.1) is 0 Å². The fourth-order valence-electron chi connectivity index (χ4n) is 1.84. The van der Waals surface area contributed by atoms with Crippen LogP contribution in [-0.2, 0) is 9.53 Å². The molecule has 112 valence electrons. The van der Waals surface area contributed by atoms with Crippen LogP contribution in [0.15, 0.2) is 30.3 Å². The van der Waals surface area contributed by atoms with Crippen LogP contribution in [0.1, 0.15) is 44.2 Å². The average Bonchev–Trinajstić information content (AvgIpc) is 2.47. The third-order valence-electron chi connectivity index (χ3n) is 3.06. The zero-order chi connectivity index (χ0) is 14.6. The van der Waals surface area contributed by atoms with Gasteiger partial charge in [0, 0.05) is 32.2 Å². The number of nitrogens with two attached hydrogens (primary N) is 1. The zero-order valence-corrected chi connectivity index (χ0v) is 12.3. The molecule has 1 atom stereocenters. The number of unbranched alkanes of at least 4 members (excludes halogenated alkanes) is 1. The van der Waals surface area contributed by atoms with Gasteiger partial charge in [0.25, 0.3) is 0 Å². The molecule has 1 aromatic rings. The van der Waals surface area contributed by atoms with E-state index < -0.39 is 0 Å². The van der Waals surface area contributed by atoms with Crippen molar-refractivity contribution in [3.8, 4) is 0 Å². The number of amides is 1. The molecule has 1 unspecified atom stereocenters. The van der Waals surface area contributed by atoms with E-state index in [1.807, 2.05) is 30.3 Å². The Bertz CT molecular complexity index is 368. The van der Waals surface area contributed by atoms with Crippen LogP contribution >= 0.6 is 0 Å². The Kier molecular flexibility index (Phi) is 8.67. The van der Waals surface area contributed by atoms with Gasteiger partial charge in [0.1, 0.15) is 0 Å². The number of hydrogen-bond donors (Lipinski definition) is 2. The van der Waals surface area contributed by atoms with E-state index in [4.69, 9.17) is 10.5 Å². The molecule has 0 saturated heterocycles. The maximum absolute atomic E-state index is 11.7. The SMILES string of the molecule is CCCCOCCCNC(=O)CC(N)c1ccccc1. The zero-order valence-electron chi connectivity index (χ0n) is 12.3. The Balaban J connectivity index is 2.08. The van der Waals surface area contributed by atoms with Crippen LogP contribution < -0.4 is 11.1 Å². The van der Waals surface area contributed by atoms with E-state index >= 15 is 0 Å². The van der Waals surface area contributed by atoms with E-state index in [0.29, 0.717) is 19.6 Å². The average molecular weight is 278 g/mol. The van der Waals surface area contributed by atoms with E-state index in [2.05, 4.69) is 12.2 Å². The van der Waals surface area contributed by atoms with Gasteiger partial charge >= 0.3 is 0 Å². The first kappa shape index (κ1) is 16.7. The molecule has 4 nitrogen and oxygen atoms in total. The summed E-state index contributed by atoms with van der Waals surface area (Å²) in [6.07, 6.45) is 3.41. The second kappa shape index (κ2) is 10.4. The standard InChI is InChI=1S/C16H26N2O2/c1-2-3-11-20-12-7-10-18-16(19)13-15(17)14-8-5-4-6-9-14/h4-6,8-9,15H,2-3,7,10-13,17H2,1H3,(H,18,19). The molecule has 1 amide bonds. The summed E-state index contributed by atoms with van der Waals surface area (Å²) in [5, 5.41) is 2.88. The lowest BCUT2D eigenvalue weighted by Crippen LogP contribution is -2.28. The van der Waals surface area contributed by atoms with E-state index in [9.17, 15) is 4.79 Å². The second-order valence-electron chi connectivity index (χ2n) is 4.89. The van der Waals surface area contributed by atoms with Gasteiger partial charge in [-0.2, -0.15) is 0 Å². The maximum atomic E-state index is 11.7. The highest BCUT2D eigenvalue weighted by atomic mass is 16.5. The molecule has 0 radical (unpaired) electrons. The molecular formula is C16H26N2O2. The molecule has 4 heteroatoms. The first-order chi connectivity index (χ1) is 9.74. The third-order valence-corrected chi connectivity index (χ3v) is 3.06. The highest BCUT2D eigenvalue weighted by Gasteiger charge is 2.10. The summed E-state index contributed by atoms with van der Waals surface area (Å²) in [4.78, 5) is 11.7. The van der Waals surface area contributed by atoms with Crippen LogP contribution in [0.3, 0.4) is 0 Å². The summed E-state index contributed by atoms with van der Waals surface area (Å²) in [6.45, 7) is 4.29. The van der Waals surface area contributed by atoms with Gasteiger partial charge < -0.3 is 15.8 Å². The van der Waals surface area contributed by atoms with Crippen molar-refractivity contribution in [1.29, 1.82) is 0 Å². The van der Waals surface area contributed by atoms with Crippen molar-refractivity contribution in [3.63, 3.8) is 0 Å². The Labute approximate surface area is 121 Å². The summed E-state index contributed by atoms with van der Waals surface area (Å²) in [5.41, 5.74) is 6.99. The lowest BCUT2D eigenvalue weighted by molar-refractivity contribution is -0.121. The van der Waals surface area contributed by atoms with Gasteiger partial charge in [-0.25, -0.2) is 0 Å². The van der Waals surface area contributed by atoms with Crippen LogP contribution in [0, 0.1) is 0 Å². The van der Waals surface area contributed by atoms with Crippen LogP contribution in [0.25, 0.3) is 0 Å². The Hall–Kier alpha value is -1.39. The van der Waals surface area contributed by atoms with E-state index in [1.54, 1.807) is 0 Å². The highest BCUT2D eigenvalue weighted by molar-refractivity contribution is 5.76. The van der Waals surface area contributed by atoms with Gasteiger partial charge in [-0.15, -0.1) is 0 Å². The fourth-order valence-corrected chi connectivity index (χ4v) is 1.84. The van der Waals surface area contributed by atoms with Gasteiger partial charge in [-0.1, -0.05) is 43.7 Å². The molecular weight excluding hydrogens is 252 g/mol. The van der Waals surface area contributed by atoms with Crippen molar-refractivity contribution < 1.29 is 9.53 Å². The molecule has 0 fully saturated rings.